The predicted molar refractivity (Wildman–Crippen MR) is 74.9 cm³/mol. The lowest BCUT2D eigenvalue weighted by atomic mass is 9.99. The number of nitrogens with two attached hydrogens (primary N) is 1. The molecule has 1 aromatic rings. The highest BCUT2D eigenvalue weighted by atomic mass is 16.5. The van der Waals surface area contributed by atoms with Crippen molar-refractivity contribution in [3.8, 4) is 0 Å². The first kappa shape index (κ1) is 15.0. The fraction of sp³-hybridized carbons (Fsp3) is 0.643. The van der Waals surface area contributed by atoms with Gasteiger partial charge in [0.15, 0.2) is 0 Å². The van der Waals surface area contributed by atoms with Gasteiger partial charge < -0.3 is 9.15 Å². The molecule has 1 fully saturated rings. The van der Waals surface area contributed by atoms with Crippen LogP contribution in [0.5, 0.6) is 0 Å². The Balaban J connectivity index is 2.06. The summed E-state index contributed by atoms with van der Waals surface area (Å²) in [7, 11) is 0. The van der Waals surface area contributed by atoms with Crippen LogP contribution in [0.4, 0.5) is 0 Å². The zero-order valence-electron chi connectivity index (χ0n) is 12.5. The number of hydrogen-bond acceptors (Lipinski definition) is 5. The highest BCUT2D eigenvalue weighted by molar-refractivity contribution is 5.93. The normalized spacial score (nSPS) is 21.6. The van der Waals surface area contributed by atoms with Gasteiger partial charge in [0.25, 0.3) is 5.91 Å². The molecule has 1 amide bonds. The van der Waals surface area contributed by atoms with Crippen LogP contribution in [-0.2, 0) is 11.3 Å². The molecule has 1 saturated heterocycles. The third-order valence-corrected chi connectivity index (χ3v) is 3.19. The third-order valence-electron chi connectivity index (χ3n) is 3.19. The summed E-state index contributed by atoms with van der Waals surface area (Å²) in [5, 5.41) is 0. The maximum absolute atomic E-state index is 11.4. The molecule has 1 aliphatic heterocycles. The summed E-state index contributed by atoms with van der Waals surface area (Å²) in [5.41, 5.74) is 2.13. The number of morpholine rings is 1. The molecule has 0 radical (unpaired) electrons. The largest absolute Gasteiger partial charge is 0.467 e. The Labute approximate surface area is 119 Å². The predicted octanol–water partition coefficient (Wildman–Crippen LogP) is 1.27. The van der Waals surface area contributed by atoms with Crippen LogP contribution in [0.25, 0.3) is 0 Å². The van der Waals surface area contributed by atoms with E-state index in [4.69, 9.17) is 15.0 Å². The van der Waals surface area contributed by atoms with Gasteiger partial charge in [-0.3, -0.25) is 15.1 Å². The Morgan fingerprint density at radius 2 is 1.95 bits per heavy atom. The highest BCUT2D eigenvalue weighted by Gasteiger charge is 2.38. The van der Waals surface area contributed by atoms with Crippen LogP contribution in [-0.4, -0.2) is 35.1 Å². The molecule has 6 nitrogen and oxygen atoms in total. The molecule has 1 aromatic heterocycles. The molecule has 0 aliphatic carbocycles. The van der Waals surface area contributed by atoms with E-state index >= 15 is 0 Å². The van der Waals surface area contributed by atoms with Gasteiger partial charge in [-0.25, -0.2) is 5.84 Å². The molecular formula is C14H23N3O3. The Bertz CT molecular complexity index is 478. The topological polar surface area (TPSA) is 80.7 Å². The zero-order valence-corrected chi connectivity index (χ0v) is 12.5. The Hall–Kier alpha value is -1.37. The summed E-state index contributed by atoms with van der Waals surface area (Å²) < 4.78 is 11.5. The molecule has 112 valence electrons. The van der Waals surface area contributed by atoms with Gasteiger partial charge in [0.1, 0.15) is 12.0 Å². The second-order valence-corrected chi connectivity index (χ2v) is 6.54. The van der Waals surface area contributed by atoms with Gasteiger partial charge in [-0.1, -0.05) is 0 Å². The average molecular weight is 281 g/mol. The van der Waals surface area contributed by atoms with Crippen LogP contribution < -0.4 is 11.3 Å². The summed E-state index contributed by atoms with van der Waals surface area (Å²) in [6.07, 6.45) is 1.42. The fourth-order valence-electron chi connectivity index (χ4n) is 2.94. The Morgan fingerprint density at radius 1 is 1.35 bits per heavy atom. The van der Waals surface area contributed by atoms with Crippen LogP contribution in [0.3, 0.4) is 0 Å². The van der Waals surface area contributed by atoms with E-state index in [2.05, 4.69) is 38.0 Å². The van der Waals surface area contributed by atoms with Crippen molar-refractivity contribution in [1.82, 2.24) is 10.3 Å². The Kier molecular flexibility index (Phi) is 3.90. The van der Waals surface area contributed by atoms with Gasteiger partial charge >= 0.3 is 0 Å². The first-order valence-electron chi connectivity index (χ1n) is 6.72. The number of nitrogens with zero attached hydrogens (tertiary/aromatic N) is 1. The highest BCUT2D eigenvalue weighted by Crippen LogP contribution is 2.29. The smallest absolute Gasteiger partial charge is 0.268 e. The third kappa shape index (κ3) is 3.59. The molecule has 20 heavy (non-hydrogen) atoms. The number of furan rings is 1. The molecule has 1 aliphatic rings. The number of carbonyl (C=O) groups excluding carboxylic acids is 1. The molecule has 0 spiro atoms. The van der Waals surface area contributed by atoms with Gasteiger partial charge in [0.05, 0.1) is 23.3 Å². The number of nitrogen functional groups attached to an aromatic ring is 1. The number of hydrogen-bond donors (Lipinski definition) is 2. The lowest BCUT2D eigenvalue weighted by Gasteiger charge is -2.47. The summed E-state index contributed by atoms with van der Waals surface area (Å²) in [6.45, 7) is 10.6. The average Bonchev–Trinajstić information content (AvgIpc) is 2.72. The van der Waals surface area contributed by atoms with Crippen LogP contribution in [0.15, 0.2) is 16.7 Å². The summed E-state index contributed by atoms with van der Waals surface area (Å²) in [6, 6.07) is 1.72. The summed E-state index contributed by atoms with van der Waals surface area (Å²) in [4.78, 5) is 13.7. The van der Waals surface area contributed by atoms with Crippen molar-refractivity contribution in [2.75, 3.05) is 13.1 Å². The zero-order chi connectivity index (χ0) is 15.0. The van der Waals surface area contributed by atoms with Crippen molar-refractivity contribution >= 4 is 5.91 Å². The van der Waals surface area contributed by atoms with Gasteiger partial charge in [-0.05, 0) is 33.8 Å². The number of amides is 1. The summed E-state index contributed by atoms with van der Waals surface area (Å²) in [5.74, 6) is 5.50. The van der Waals surface area contributed by atoms with Crippen molar-refractivity contribution in [2.45, 2.75) is 45.4 Å². The minimum absolute atomic E-state index is 0.203. The van der Waals surface area contributed by atoms with Crippen LogP contribution in [0.1, 0.15) is 43.8 Å². The first-order chi connectivity index (χ1) is 9.21. The standard InChI is InChI=1S/C14H23N3O3/c1-13(2)8-17(9-14(3,4)20-13)6-11-5-10(7-19-11)12(18)16-15/h5,7H,6,8-9,15H2,1-4H3,(H,16,18). The Morgan fingerprint density at radius 3 is 2.50 bits per heavy atom. The number of carbonyl (C=O) groups is 1. The quantitative estimate of drug-likeness (QED) is 0.495. The van der Waals surface area contributed by atoms with E-state index in [0.717, 1.165) is 18.8 Å². The van der Waals surface area contributed by atoms with Crippen LogP contribution in [0.2, 0.25) is 0 Å². The maximum Gasteiger partial charge on any atom is 0.268 e. The van der Waals surface area contributed by atoms with Crippen molar-refractivity contribution < 1.29 is 13.9 Å². The second-order valence-electron chi connectivity index (χ2n) is 6.54. The van der Waals surface area contributed by atoms with E-state index in [1.807, 2.05) is 0 Å². The van der Waals surface area contributed by atoms with E-state index in [1.54, 1.807) is 6.07 Å². The van der Waals surface area contributed by atoms with Crippen molar-refractivity contribution in [1.29, 1.82) is 0 Å². The van der Waals surface area contributed by atoms with E-state index in [-0.39, 0.29) is 17.1 Å². The van der Waals surface area contributed by atoms with E-state index in [9.17, 15) is 4.79 Å². The van der Waals surface area contributed by atoms with Crippen LogP contribution in [0, 0.1) is 0 Å². The fourth-order valence-corrected chi connectivity index (χ4v) is 2.94. The molecule has 0 aromatic carbocycles. The van der Waals surface area contributed by atoms with Crippen LogP contribution >= 0.6 is 0 Å². The van der Waals surface area contributed by atoms with Gasteiger partial charge in [-0.15, -0.1) is 0 Å². The number of ether oxygens (including phenoxy) is 1. The molecule has 0 unspecified atom stereocenters. The van der Waals surface area contributed by atoms with Crippen molar-refractivity contribution in [3.05, 3.63) is 23.7 Å². The molecule has 2 heterocycles. The van der Waals surface area contributed by atoms with Gasteiger partial charge in [0.2, 0.25) is 0 Å². The molecule has 3 N–H and O–H groups in total. The van der Waals surface area contributed by atoms with Crippen molar-refractivity contribution in [2.24, 2.45) is 5.84 Å². The molecule has 6 heteroatoms. The number of hydrazine groups is 1. The molecule has 0 atom stereocenters. The molecule has 0 saturated carbocycles. The van der Waals surface area contributed by atoms with Gasteiger partial charge in [0, 0.05) is 13.1 Å². The summed E-state index contributed by atoms with van der Waals surface area (Å²) >= 11 is 0. The molecule has 2 rings (SSSR count). The minimum Gasteiger partial charge on any atom is -0.467 e. The van der Waals surface area contributed by atoms with E-state index < -0.39 is 0 Å². The second kappa shape index (κ2) is 5.20. The lowest BCUT2D eigenvalue weighted by molar-refractivity contribution is -0.182. The van der Waals surface area contributed by atoms with E-state index in [0.29, 0.717) is 12.1 Å². The molecule has 0 bridgehead atoms. The van der Waals surface area contributed by atoms with Gasteiger partial charge in [-0.2, -0.15) is 0 Å². The molecular weight excluding hydrogens is 258 g/mol. The monoisotopic (exact) mass is 281 g/mol. The lowest BCUT2D eigenvalue weighted by Crippen LogP contribution is -2.56. The van der Waals surface area contributed by atoms with E-state index in [1.165, 1.54) is 6.26 Å². The van der Waals surface area contributed by atoms with Crippen molar-refractivity contribution in [3.63, 3.8) is 0 Å². The number of rotatable bonds is 3. The minimum atomic E-state index is -0.345. The maximum atomic E-state index is 11.4. The SMILES string of the molecule is CC1(C)CN(Cc2cc(C(=O)NN)co2)CC(C)(C)O1. The number of nitrogens with one attached hydrogen (secondary N) is 1. The first-order valence-corrected chi connectivity index (χ1v) is 6.72.